The zero-order valence-electron chi connectivity index (χ0n) is 17.6. The second-order valence-corrected chi connectivity index (χ2v) is 8.60. The van der Waals surface area contributed by atoms with Gasteiger partial charge in [0.05, 0.1) is 19.3 Å². The maximum Gasteiger partial charge on any atom is 0.249 e. The molecule has 8 nitrogen and oxygen atoms in total. The number of carbonyl (C=O) groups is 1. The summed E-state index contributed by atoms with van der Waals surface area (Å²) in [4.78, 5) is 26.1. The number of morpholine rings is 1. The molecule has 5 rings (SSSR count). The summed E-state index contributed by atoms with van der Waals surface area (Å²) in [6.07, 6.45) is 4.12. The van der Waals surface area contributed by atoms with E-state index in [9.17, 15) is 10.1 Å². The van der Waals surface area contributed by atoms with Crippen molar-refractivity contribution in [3.05, 3.63) is 36.5 Å². The highest BCUT2D eigenvalue weighted by atomic mass is 16.5. The quantitative estimate of drug-likeness (QED) is 0.797. The van der Waals surface area contributed by atoms with Crippen LogP contribution in [0.15, 0.2) is 36.5 Å². The summed E-state index contributed by atoms with van der Waals surface area (Å²) in [6, 6.07) is 12.2. The highest BCUT2D eigenvalue weighted by Crippen LogP contribution is 2.53. The zero-order valence-corrected chi connectivity index (χ0v) is 17.6. The van der Waals surface area contributed by atoms with E-state index in [-0.39, 0.29) is 17.9 Å². The van der Waals surface area contributed by atoms with Gasteiger partial charge < -0.3 is 15.0 Å². The van der Waals surface area contributed by atoms with Gasteiger partial charge in [-0.25, -0.2) is 4.98 Å². The molecule has 1 N–H and O–H groups in total. The molecule has 1 aromatic carbocycles. The van der Waals surface area contributed by atoms with Crippen LogP contribution < -0.4 is 15.1 Å². The normalized spacial score (nSPS) is 26.1. The van der Waals surface area contributed by atoms with E-state index in [1.54, 1.807) is 17.2 Å². The maximum atomic E-state index is 13.2. The molecule has 0 radical (unpaired) electrons. The van der Waals surface area contributed by atoms with Crippen LogP contribution in [0.4, 0.5) is 23.1 Å². The molecule has 3 aliphatic rings. The van der Waals surface area contributed by atoms with E-state index in [1.165, 1.54) is 0 Å². The number of nitrogens with one attached hydrogen (secondary N) is 1. The van der Waals surface area contributed by atoms with Crippen molar-refractivity contribution in [1.82, 2.24) is 9.97 Å². The Hall–Kier alpha value is -3.18. The number of aromatic nitrogens is 2. The van der Waals surface area contributed by atoms with Crippen LogP contribution in [0.1, 0.15) is 26.2 Å². The Morgan fingerprint density at radius 1 is 1.19 bits per heavy atom. The van der Waals surface area contributed by atoms with Crippen LogP contribution in [0.3, 0.4) is 0 Å². The Bertz CT molecular complexity index is 1010. The van der Waals surface area contributed by atoms with Crippen LogP contribution in [-0.2, 0) is 9.53 Å². The van der Waals surface area contributed by atoms with Gasteiger partial charge >= 0.3 is 0 Å². The standard InChI is InChI=1S/C23H26N6O2/c1-16-14-23(15-24,17-2-3-17)21(30)29(16)20-8-9-25-22(27-20)26-18-4-6-19(7-5-18)28-10-12-31-13-11-28/h4-9,16-17H,2-3,10-14H2,1H3,(H,25,26,27)/t16-,23+/m0/s1. The molecule has 8 heteroatoms. The number of rotatable bonds is 5. The largest absolute Gasteiger partial charge is 0.378 e. The molecule has 0 spiro atoms. The van der Waals surface area contributed by atoms with E-state index in [1.807, 2.05) is 19.1 Å². The lowest BCUT2D eigenvalue weighted by atomic mass is 9.81. The van der Waals surface area contributed by atoms with Gasteiger partial charge in [-0.05, 0) is 62.4 Å². The molecule has 0 bridgehead atoms. The van der Waals surface area contributed by atoms with Crippen molar-refractivity contribution in [3.63, 3.8) is 0 Å². The summed E-state index contributed by atoms with van der Waals surface area (Å²) in [7, 11) is 0. The van der Waals surface area contributed by atoms with Crippen molar-refractivity contribution in [2.24, 2.45) is 11.3 Å². The van der Waals surface area contributed by atoms with Crippen molar-refractivity contribution in [3.8, 4) is 6.07 Å². The van der Waals surface area contributed by atoms with Gasteiger partial charge in [0.1, 0.15) is 11.2 Å². The van der Waals surface area contributed by atoms with Crippen molar-refractivity contribution in [1.29, 1.82) is 5.26 Å². The molecule has 3 heterocycles. The smallest absolute Gasteiger partial charge is 0.249 e. The van der Waals surface area contributed by atoms with E-state index in [0.717, 1.165) is 50.5 Å². The third-order valence-electron chi connectivity index (χ3n) is 6.52. The molecule has 3 fully saturated rings. The van der Waals surface area contributed by atoms with Crippen molar-refractivity contribution >= 4 is 29.0 Å². The molecule has 31 heavy (non-hydrogen) atoms. The van der Waals surface area contributed by atoms with Crippen LogP contribution in [0, 0.1) is 22.7 Å². The van der Waals surface area contributed by atoms with Crippen molar-refractivity contribution in [2.45, 2.75) is 32.2 Å². The monoisotopic (exact) mass is 418 g/mol. The highest BCUT2D eigenvalue weighted by molar-refractivity contribution is 6.02. The lowest BCUT2D eigenvalue weighted by molar-refractivity contribution is -0.123. The number of benzene rings is 1. The van der Waals surface area contributed by atoms with E-state index in [0.29, 0.717) is 18.2 Å². The number of nitrogens with zero attached hydrogens (tertiary/aromatic N) is 5. The Morgan fingerprint density at radius 2 is 1.94 bits per heavy atom. The van der Waals surface area contributed by atoms with Crippen LogP contribution in [-0.4, -0.2) is 48.2 Å². The van der Waals surface area contributed by atoms with Gasteiger partial charge in [0.25, 0.3) is 0 Å². The first-order chi connectivity index (χ1) is 15.1. The van der Waals surface area contributed by atoms with Gasteiger partial charge in [-0.3, -0.25) is 9.69 Å². The molecule has 1 aliphatic carbocycles. The van der Waals surface area contributed by atoms with Crippen LogP contribution >= 0.6 is 0 Å². The first kappa shape index (κ1) is 19.8. The summed E-state index contributed by atoms with van der Waals surface area (Å²) in [5.74, 6) is 1.03. The fraction of sp³-hybridized carbons (Fsp3) is 0.478. The molecule has 2 aromatic rings. The maximum absolute atomic E-state index is 13.2. The third kappa shape index (κ3) is 3.59. The number of hydrogen-bond acceptors (Lipinski definition) is 7. The van der Waals surface area contributed by atoms with Crippen LogP contribution in [0.25, 0.3) is 0 Å². The fourth-order valence-corrected chi connectivity index (χ4v) is 4.74. The van der Waals surface area contributed by atoms with Crippen LogP contribution in [0.5, 0.6) is 0 Å². The average Bonchev–Trinajstić information content (AvgIpc) is 3.61. The minimum absolute atomic E-state index is 0.0664. The lowest BCUT2D eigenvalue weighted by Crippen LogP contribution is -2.37. The summed E-state index contributed by atoms with van der Waals surface area (Å²) < 4.78 is 5.41. The van der Waals surface area contributed by atoms with Crippen molar-refractivity contribution in [2.75, 3.05) is 41.4 Å². The Morgan fingerprint density at radius 3 is 2.61 bits per heavy atom. The summed E-state index contributed by atoms with van der Waals surface area (Å²) >= 11 is 0. The molecule has 160 valence electrons. The van der Waals surface area contributed by atoms with E-state index >= 15 is 0 Å². The first-order valence-corrected chi connectivity index (χ1v) is 10.9. The minimum atomic E-state index is -0.896. The minimum Gasteiger partial charge on any atom is -0.378 e. The molecule has 2 saturated heterocycles. The second kappa shape index (κ2) is 7.82. The van der Waals surface area contributed by atoms with Crippen molar-refractivity contribution < 1.29 is 9.53 Å². The molecule has 2 aliphatic heterocycles. The second-order valence-electron chi connectivity index (χ2n) is 8.60. The third-order valence-corrected chi connectivity index (χ3v) is 6.52. The molecule has 1 aromatic heterocycles. The lowest BCUT2D eigenvalue weighted by Gasteiger charge is -2.28. The average molecular weight is 419 g/mol. The number of ether oxygens (including phenoxy) is 1. The van der Waals surface area contributed by atoms with Gasteiger partial charge in [0.15, 0.2) is 0 Å². The number of hydrogen-bond donors (Lipinski definition) is 1. The van der Waals surface area contributed by atoms with Crippen LogP contribution in [0.2, 0.25) is 0 Å². The van der Waals surface area contributed by atoms with Gasteiger partial charge in [-0.2, -0.15) is 10.2 Å². The van der Waals surface area contributed by atoms with E-state index < -0.39 is 5.41 Å². The Kier molecular flexibility index (Phi) is 4.98. The number of carbonyl (C=O) groups excluding carboxylic acids is 1. The number of anilines is 4. The SMILES string of the molecule is C[C@H]1C[C@@](C#N)(C2CC2)C(=O)N1c1ccnc(Nc2ccc(N3CCOCC3)cc2)n1. The number of amides is 1. The fourth-order valence-electron chi connectivity index (χ4n) is 4.74. The summed E-state index contributed by atoms with van der Waals surface area (Å²) in [5, 5.41) is 13.0. The molecule has 2 atom stereocenters. The Balaban J connectivity index is 1.33. The molecule has 1 saturated carbocycles. The van der Waals surface area contributed by atoms with Gasteiger partial charge in [-0.15, -0.1) is 0 Å². The van der Waals surface area contributed by atoms with Gasteiger partial charge in [0.2, 0.25) is 11.9 Å². The predicted molar refractivity (Wildman–Crippen MR) is 117 cm³/mol. The molecular formula is C23H26N6O2. The highest BCUT2D eigenvalue weighted by Gasteiger charge is 2.59. The number of nitriles is 1. The molecular weight excluding hydrogens is 392 g/mol. The summed E-state index contributed by atoms with van der Waals surface area (Å²) in [5.41, 5.74) is 1.14. The first-order valence-electron chi connectivity index (χ1n) is 10.9. The van der Waals surface area contributed by atoms with Gasteiger partial charge in [-0.1, -0.05) is 0 Å². The van der Waals surface area contributed by atoms with E-state index in [2.05, 4.69) is 38.4 Å². The zero-order chi connectivity index (χ0) is 21.4. The topological polar surface area (TPSA) is 94.4 Å². The van der Waals surface area contributed by atoms with E-state index in [4.69, 9.17) is 4.74 Å². The molecule has 0 unspecified atom stereocenters. The van der Waals surface area contributed by atoms with Gasteiger partial charge in [0, 0.05) is 36.7 Å². The molecule has 1 amide bonds. The predicted octanol–water partition coefficient (Wildman–Crippen LogP) is 3.10. The summed E-state index contributed by atoms with van der Waals surface area (Å²) in [6.45, 7) is 5.28. The Labute approximate surface area is 181 Å².